The molecule has 46 heavy (non-hydrogen) atoms. The standard InChI is InChI=1S/C33H54N3O9P/c1-4-5-6-7-8-9-10-11-12-13-14-15-16-17-18-21-27(37)34-22-19-20-26-23-36(32(39)35-30(26)38)31-28-29(45-46(3,40)41)33(44-31,24-42-2)25-43-28/h23,28-29,31H,4-18,21-22,24-25H2,1-3H3,(H,34,37)(H,40,41)(H,35,38,39)/p-1/t28-,29?,31-,33-/m1/s1. The van der Waals surface area contributed by atoms with Crippen molar-refractivity contribution in [2.24, 2.45) is 0 Å². The van der Waals surface area contributed by atoms with Gasteiger partial charge in [-0.05, 0) is 6.42 Å². The molecule has 2 unspecified atom stereocenters. The van der Waals surface area contributed by atoms with Gasteiger partial charge in [0, 0.05) is 26.4 Å². The third kappa shape index (κ3) is 12.1. The quantitative estimate of drug-likeness (QED) is 0.105. The number of fused-ring (bicyclic) bond motifs is 2. The minimum absolute atomic E-state index is 0.0105. The van der Waals surface area contributed by atoms with E-state index in [1.54, 1.807) is 0 Å². The first-order chi connectivity index (χ1) is 22.1. The molecule has 2 N–H and O–H groups in total. The predicted molar refractivity (Wildman–Crippen MR) is 174 cm³/mol. The molecule has 12 nitrogen and oxygen atoms in total. The van der Waals surface area contributed by atoms with Crippen LogP contribution < -0.4 is 21.5 Å². The normalized spacial score (nSPS) is 23.2. The van der Waals surface area contributed by atoms with Crippen molar-refractivity contribution in [1.82, 2.24) is 14.9 Å². The van der Waals surface area contributed by atoms with E-state index in [0.717, 1.165) is 30.5 Å². The lowest BCUT2D eigenvalue weighted by atomic mass is 10.0. The second-order valence-corrected chi connectivity index (χ2v) is 14.3. The molecular weight excluding hydrogens is 613 g/mol. The molecule has 260 valence electrons. The Morgan fingerprint density at radius 3 is 2.22 bits per heavy atom. The van der Waals surface area contributed by atoms with Crippen molar-refractivity contribution in [3.05, 3.63) is 32.6 Å². The van der Waals surface area contributed by atoms with Gasteiger partial charge >= 0.3 is 5.69 Å². The fourth-order valence-corrected chi connectivity index (χ4v) is 6.84. The van der Waals surface area contributed by atoms with Crippen molar-refractivity contribution in [1.29, 1.82) is 0 Å². The minimum Gasteiger partial charge on any atom is -0.779 e. The molecule has 3 rings (SSSR count). The Hall–Kier alpha value is -2.26. The Labute approximate surface area is 272 Å². The van der Waals surface area contributed by atoms with Crippen LogP contribution in [0.15, 0.2) is 15.8 Å². The van der Waals surface area contributed by atoms with Crippen LogP contribution in [-0.4, -0.2) is 66.8 Å². The van der Waals surface area contributed by atoms with Crippen LogP contribution in [0.4, 0.5) is 0 Å². The number of aromatic nitrogens is 2. The first kappa shape index (κ1) is 38.2. The summed E-state index contributed by atoms with van der Waals surface area (Å²) >= 11 is 0. The van der Waals surface area contributed by atoms with E-state index < -0.39 is 42.9 Å². The van der Waals surface area contributed by atoms with E-state index in [9.17, 15) is 23.8 Å². The summed E-state index contributed by atoms with van der Waals surface area (Å²) in [5.41, 5.74) is -2.75. The topological polar surface area (TPSA) is 161 Å². The molecule has 2 aliphatic rings. The van der Waals surface area contributed by atoms with Crippen LogP contribution in [0.3, 0.4) is 0 Å². The summed E-state index contributed by atoms with van der Waals surface area (Å²) in [5, 5.41) is 2.75. The van der Waals surface area contributed by atoms with Crippen LogP contribution in [-0.2, 0) is 28.1 Å². The lowest BCUT2D eigenvalue weighted by Gasteiger charge is -2.32. The van der Waals surface area contributed by atoms with E-state index in [1.165, 1.54) is 90.4 Å². The number of aromatic amines is 1. The maximum atomic E-state index is 12.7. The van der Waals surface area contributed by atoms with E-state index in [-0.39, 0.29) is 31.2 Å². The molecule has 1 aromatic heterocycles. The summed E-state index contributed by atoms with van der Waals surface area (Å²) in [6.45, 7) is 3.22. The maximum Gasteiger partial charge on any atom is 0.330 e. The van der Waals surface area contributed by atoms with Gasteiger partial charge in [0.2, 0.25) is 5.91 Å². The van der Waals surface area contributed by atoms with E-state index >= 15 is 0 Å². The number of nitrogens with zero attached hydrogens (tertiary/aromatic N) is 1. The lowest BCUT2D eigenvalue weighted by molar-refractivity contribution is -0.208. The van der Waals surface area contributed by atoms with Gasteiger partial charge in [-0.15, -0.1) is 0 Å². The Morgan fingerprint density at radius 1 is 1.07 bits per heavy atom. The maximum absolute atomic E-state index is 12.7. The van der Waals surface area contributed by atoms with Crippen molar-refractivity contribution in [3.63, 3.8) is 0 Å². The lowest BCUT2D eigenvalue weighted by Crippen LogP contribution is -2.46. The summed E-state index contributed by atoms with van der Waals surface area (Å²) in [6, 6.07) is 0. The van der Waals surface area contributed by atoms with Gasteiger partial charge in [-0.25, -0.2) is 4.79 Å². The Kier molecular flexibility index (Phi) is 16.2. The van der Waals surface area contributed by atoms with Gasteiger partial charge < -0.3 is 33.5 Å². The zero-order valence-electron chi connectivity index (χ0n) is 27.8. The van der Waals surface area contributed by atoms with Gasteiger partial charge in [-0.3, -0.25) is 19.1 Å². The molecule has 5 atom stereocenters. The third-order valence-electron chi connectivity index (χ3n) is 8.51. The summed E-state index contributed by atoms with van der Waals surface area (Å²) < 4.78 is 35.4. The largest absolute Gasteiger partial charge is 0.779 e. The molecule has 0 aromatic carbocycles. The Balaban J connectivity index is 1.36. The molecule has 0 saturated carbocycles. The number of methoxy groups -OCH3 is 1. The minimum atomic E-state index is -4.18. The SMILES string of the molecule is CCCCCCCCCCCCCCCCCC(=O)NCC#Cc1cn([C@@H]2O[C@]3(COC)CO[C@@H]2C3OP(C)(=O)[O-])c(=O)[nH]c1=O. The van der Waals surface area contributed by atoms with Crippen molar-refractivity contribution in [3.8, 4) is 11.8 Å². The molecule has 2 saturated heterocycles. The highest BCUT2D eigenvalue weighted by atomic mass is 31.2. The highest BCUT2D eigenvalue weighted by molar-refractivity contribution is 7.50. The van der Waals surface area contributed by atoms with Crippen LogP contribution in [0.25, 0.3) is 0 Å². The molecule has 1 aromatic rings. The third-order valence-corrected chi connectivity index (χ3v) is 9.12. The number of hydrogen-bond acceptors (Lipinski definition) is 9. The van der Waals surface area contributed by atoms with Crippen molar-refractivity contribution in [2.75, 3.05) is 33.5 Å². The van der Waals surface area contributed by atoms with E-state index in [1.807, 2.05) is 0 Å². The predicted octanol–water partition coefficient (Wildman–Crippen LogP) is 4.15. The zero-order valence-corrected chi connectivity index (χ0v) is 28.7. The molecule has 2 fully saturated rings. The molecule has 13 heteroatoms. The fraction of sp³-hybridized carbons (Fsp3) is 0.788. The zero-order chi connectivity index (χ0) is 33.4. The van der Waals surface area contributed by atoms with Gasteiger partial charge in [0.15, 0.2) is 6.23 Å². The van der Waals surface area contributed by atoms with Gasteiger partial charge in [-0.2, -0.15) is 0 Å². The smallest absolute Gasteiger partial charge is 0.330 e. The number of carbonyl (C=O) groups is 1. The average Bonchev–Trinajstić information content (AvgIpc) is 3.47. The first-order valence-electron chi connectivity index (χ1n) is 17.0. The molecule has 1 amide bonds. The van der Waals surface area contributed by atoms with E-state index in [0.29, 0.717) is 6.42 Å². The number of nitrogens with one attached hydrogen (secondary N) is 2. The van der Waals surface area contributed by atoms with Gasteiger partial charge in [0.25, 0.3) is 5.56 Å². The number of H-pyrrole nitrogens is 1. The number of amides is 1. The van der Waals surface area contributed by atoms with Crippen molar-refractivity contribution < 1.29 is 33.0 Å². The second-order valence-electron chi connectivity index (χ2n) is 12.6. The van der Waals surface area contributed by atoms with Crippen LogP contribution >= 0.6 is 7.60 Å². The molecule has 2 aliphatic heterocycles. The van der Waals surface area contributed by atoms with Crippen LogP contribution in [0, 0.1) is 11.8 Å². The Morgan fingerprint density at radius 2 is 1.65 bits per heavy atom. The van der Waals surface area contributed by atoms with Crippen LogP contribution in [0.5, 0.6) is 0 Å². The monoisotopic (exact) mass is 666 g/mol. The second kappa shape index (κ2) is 19.5. The number of ether oxygens (including phenoxy) is 3. The molecular formula is C33H53N3O9P-. The molecule has 2 bridgehead atoms. The number of carbonyl (C=O) groups excluding carboxylic acids is 1. The molecule has 3 heterocycles. The van der Waals surface area contributed by atoms with E-state index in [4.69, 9.17) is 18.7 Å². The van der Waals surface area contributed by atoms with Crippen LogP contribution in [0.1, 0.15) is 121 Å². The molecule has 0 spiro atoms. The summed E-state index contributed by atoms with van der Waals surface area (Å²) in [6.07, 6.45) is 17.6. The highest BCUT2D eigenvalue weighted by Gasteiger charge is 2.64. The summed E-state index contributed by atoms with van der Waals surface area (Å²) in [4.78, 5) is 51.5. The first-order valence-corrected chi connectivity index (χ1v) is 19.0. The Bertz CT molecular complexity index is 1310. The molecule has 0 aliphatic carbocycles. The fourth-order valence-electron chi connectivity index (χ4n) is 6.12. The summed E-state index contributed by atoms with van der Waals surface area (Å²) in [7, 11) is -2.75. The van der Waals surface area contributed by atoms with Crippen molar-refractivity contribution in [2.45, 2.75) is 134 Å². The number of unbranched alkanes of at least 4 members (excludes halogenated alkanes) is 14. The molecule has 0 radical (unpaired) electrons. The number of hydrogen-bond donors (Lipinski definition) is 2. The van der Waals surface area contributed by atoms with Crippen LogP contribution in [0.2, 0.25) is 0 Å². The summed E-state index contributed by atoms with van der Waals surface area (Å²) in [5.74, 6) is 5.35. The van der Waals surface area contributed by atoms with Crippen molar-refractivity contribution >= 4 is 13.5 Å². The van der Waals surface area contributed by atoms with Gasteiger partial charge in [0.1, 0.15) is 31.0 Å². The van der Waals surface area contributed by atoms with E-state index in [2.05, 4.69) is 29.1 Å². The number of rotatable bonds is 22. The van der Waals surface area contributed by atoms with Gasteiger partial charge in [-0.1, -0.05) is 109 Å². The highest BCUT2D eigenvalue weighted by Crippen LogP contribution is 2.51. The average molecular weight is 667 g/mol. The van der Waals surface area contributed by atoms with Gasteiger partial charge in [0.05, 0.1) is 19.8 Å².